The molecule has 0 saturated heterocycles. The minimum absolute atomic E-state index is 0. The Hall–Kier alpha value is -3.76. The largest absolute Gasteiger partial charge is 0.656 e. The summed E-state index contributed by atoms with van der Waals surface area (Å²) < 4.78 is 0. The van der Waals surface area contributed by atoms with Crippen LogP contribution in [-0.4, -0.2) is 0 Å². The normalized spacial score (nSPS) is 12.3. The molecule has 0 fully saturated rings. The van der Waals surface area contributed by atoms with Gasteiger partial charge in [0, 0.05) is 45.1 Å². The van der Waals surface area contributed by atoms with Gasteiger partial charge in [-0.1, -0.05) is 70.8 Å². The number of anilines is 4. The molecular formula is C39H39AuN3-2. The van der Waals surface area contributed by atoms with Crippen molar-refractivity contribution in [3.63, 3.8) is 0 Å². The predicted octanol–water partition coefficient (Wildman–Crippen LogP) is 10.5. The summed E-state index contributed by atoms with van der Waals surface area (Å²) in [4.78, 5) is 9.37. The first-order valence-corrected chi connectivity index (χ1v) is 14.7. The minimum Gasteiger partial charge on any atom is -0.656 e. The van der Waals surface area contributed by atoms with E-state index in [-0.39, 0.29) is 22.4 Å². The van der Waals surface area contributed by atoms with Gasteiger partial charge in [-0.15, -0.1) is 17.7 Å². The van der Waals surface area contributed by atoms with E-state index in [1.807, 2.05) is 0 Å². The number of hydrogen-bond acceptors (Lipinski definition) is 2. The van der Waals surface area contributed by atoms with Gasteiger partial charge in [-0.25, -0.2) is 0 Å². The molecule has 43 heavy (non-hydrogen) atoms. The van der Waals surface area contributed by atoms with E-state index in [0.717, 1.165) is 11.0 Å². The quantitative estimate of drug-likeness (QED) is 0.130. The Balaban J connectivity index is 0.000000179. The van der Waals surface area contributed by atoms with Gasteiger partial charge in [0.15, 0.2) is 0 Å². The Bertz CT molecular complexity index is 1790. The van der Waals surface area contributed by atoms with Crippen LogP contribution < -0.4 is 14.8 Å². The zero-order valence-corrected chi connectivity index (χ0v) is 28.5. The molecule has 2 heterocycles. The second kappa shape index (κ2) is 12.1. The maximum Gasteiger partial charge on any atom is 0.0345 e. The fraction of sp³-hybridized carbons (Fsp3) is 0.205. The van der Waals surface area contributed by atoms with Gasteiger partial charge < -0.3 is 14.8 Å². The summed E-state index contributed by atoms with van der Waals surface area (Å²) in [6.07, 6.45) is 0. The first-order chi connectivity index (χ1) is 20.1. The SMILES string of the molecule is Cc1cc(C)c2[n-]c3c(C)cc(C)cc3c2c1.Cc1cc(C)cc(N2[CH-]N(c3cc(C)cc(C)c3)c3ccccc32)c1.[Au]. The molecule has 0 atom stereocenters. The van der Waals surface area contributed by atoms with Crippen molar-refractivity contribution in [2.75, 3.05) is 9.80 Å². The van der Waals surface area contributed by atoms with Crippen LogP contribution in [0.2, 0.25) is 0 Å². The van der Waals surface area contributed by atoms with Crippen LogP contribution in [0.4, 0.5) is 22.7 Å². The summed E-state index contributed by atoms with van der Waals surface area (Å²) in [5.41, 5.74) is 17.4. The second-order valence-corrected chi connectivity index (χ2v) is 12.1. The number of aryl methyl sites for hydroxylation is 8. The molecule has 0 amide bonds. The monoisotopic (exact) mass is 746 g/mol. The van der Waals surface area contributed by atoms with Crippen molar-refractivity contribution >= 4 is 44.6 Å². The first-order valence-electron chi connectivity index (χ1n) is 14.7. The summed E-state index contributed by atoms with van der Waals surface area (Å²) in [6, 6.07) is 30.9. The first kappa shape index (κ1) is 30.7. The van der Waals surface area contributed by atoms with Gasteiger partial charge in [-0.05, 0) is 125 Å². The Labute approximate surface area is 272 Å². The minimum atomic E-state index is 0. The number of aromatic nitrogens is 1. The number of hydrogen-bond donors (Lipinski definition) is 0. The van der Waals surface area contributed by atoms with Gasteiger partial charge in [0.25, 0.3) is 0 Å². The van der Waals surface area contributed by atoms with Crippen molar-refractivity contribution in [2.45, 2.75) is 55.4 Å². The fourth-order valence-electron chi connectivity index (χ4n) is 6.44. The van der Waals surface area contributed by atoms with E-state index in [4.69, 9.17) is 4.98 Å². The molecular weight excluding hydrogens is 707 g/mol. The third kappa shape index (κ3) is 6.03. The molecule has 0 spiro atoms. The molecule has 1 aromatic heterocycles. The van der Waals surface area contributed by atoms with Crippen LogP contribution in [0.1, 0.15) is 44.5 Å². The average Bonchev–Trinajstić information content (AvgIpc) is 3.48. The molecule has 1 aliphatic heterocycles. The van der Waals surface area contributed by atoms with E-state index in [1.165, 1.54) is 78.0 Å². The maximum absolute atomic E-state index is 4.80. The van der Waals surface area contributed by atoms with Crippen LogP contribution in [0.25, 0.3) is 21.8 Å². The maximum atomic E-state index is 4.80. The molecule has 0 bridgehead atoms. The molecule has 6 aromatic rings. The Kier molecular flexibility index (Phi) is 8.63. The fourth-order valence-corrected chi connectivity index (χ4v) is 6.44. The number of benzene rings is 5. The molecule has 3 nitrogen and oxygen atoms in total. The van der Waals surface area contributed by atoms with Crippen molar-refractivity contribution < 1.29 is 22.4 Å². The summed E-state index contributed by atoms with van der Waals surface area (Å²) in [5, 5.41) is 2.59. The molecule has 1 radical (unpaired) electrons. The van der Waals surface area contributed by atoms with Crippen LogP contribution in [-0.2, 0) is 22.4 Å². The molecule has 223 valence electrons. The third-order valence-corrected chi connectivity index (χ3v) is 8.00. The van der Waals surface area contributed by atoms with Crippen molar-refractivity contribution in [2.24, 2.45) is 0 Å². The molecule has 5 aromatic carbocycles. The van der Waals surface area contributed by atoms with Gasteiger partial charge in [-0.2, -0.15) is 0 Å². The number of nitrogens with zero attached hydrogens (tertiary/aromatic N) is 3. The van der Waals surface area contributed by atoms with Crippen molar-refractivity contribution in [3.05, 3.63) is 136 Å². The topological polar surface area (TPSA) is 20.6 Å². The summed E-state index contributed by atoms with van der Waals surface area (Å²) >= 11 is 0. The summed E-state index contributed by atoms with van der Waals surface area (Å²) in [5.74, 6) is 0. The molecule has 0 saturated carbocycles. The van der Waals surface area contributed by atoms with Crippen molar-refractivity contribution in [3.8, 4) is 0 Å². The molecule has 0 unspecified atom stereocenters. The van der Waals surface area contributed by atoms with E-state index in [2.05, 4.69) is 157 Å². The van der Waals surface area contributed by atoms with E-state index >= 15 is 0 Å². The molecule has 1 aliphatic rings. The van der Waals surface area contributed by atoms with Gasteiger partial charge >= 0.3 is 0 Å². The van der Waals surface area contributed by atoms with Gasteiger partial charge in [0.2, 0.25) is 0 Å². The summed E-state index contributed by atoms with van der Waals surface area (Å²) in [7, 11) is 0. The van der Waals surface area contributed by atoms with Crippen LogP contribution in [0.3, 0.4) is 0 Å². The van der Waals surface area contributed by atoms with Crippen LogP contribution >= 0.6 is 0 Å². The van der Waals surface area contributed by atoms with E-state index < -0.39 is 0 Å². The Morgan fingerprint density at radius 1 is 0.465 bits per heavy atom. The smallest absolute Gasteiger partial charge is 0.0345 e. The molecule has 0 N–H and O–H groups in total. The number of rotatable bonds is 2. The Morgan fingerprint density at radius 2 is 0.814 bits per heavy atom. The zero-order valence-electron chi connectivity index (χ0n) is 26.3. The molecule has 7 rings (SSSR count). The molecule has 4 heteroatoms. The van der Waals surface area contributed by atoms with Crippen LogP contribution in [0.15, 0.2) is 84.9 Å². The van der Waals surface area contributed by atoms with Gasteiger partial charge in [0.05, 0.1) is 0 Å². The van der Waals surface area contributed by atoms with Gasteiger partial charge in [-0.3, -0.25) is 0 Å². The van der Waals surface area contributed by atoms with Crippen LogP contribution in [0, 0.1) is 62.1 Å². The molecule has 0 aliphatic carbocycles. The van der Waals surface area contributed by atoms with E-state index in [9.17, 15) is 0 Å². The zero-order chi connectivity index (χ0) is 29.7. The third-order valence-electron chi connectivity index (χ3n) is 8.00. The second-order valence-electron chi connectivity index (χ2n) is 12.1. The average molecular weight is 747 g/mol. The standard InChI is InChI=1S/C23H23N2.C16H16N.Au/c1-16-9-17(2)12-20(11-16)24-15-25(23-8-6-5-7-22(23)24)21-13-18(3)10-19(4)14-21;1-9-5-11(3)15-13(7-9)14-8-10(2)6-12(4)16(14)17-15;/h5-15H,1-4H3;5-8H,1-4H3;/q2*-1;. The number of fused-ring (bicyclic) bond motifs is 4. The van der Waals surface area contributed by atoms with E-state index in [0.29, 0.717) is 0 Å². The summed E-state index contributed by atoms with van der Waals surface area (Å²) in [6.45, 7) is 19.4. The Morgan fingerprint density at radius 3 is 1.19 bits per heavy atom. The van der Waals surface area contributed by atoms with Crippen molar-refractivity contribution in [1.82, 2.24) is 4.98 Å². The van der Waals surface area contributed by atoms with Crippen LogP contribution in [0.5, 0.6) is 0 Å². The van der Waals surface area contributed by atoms with Gasteiger partial charge in [0.1, 0.15) is 0 Å². The number of para-hydroxylation sites is 2. The van der Waals surface area contributed by atoms with E-state index in [1.54, 1.807) is 0 Å². The van der Waals surface area contributed by atoms with Crippen molar-refractivity contribution in [1.29, 1.82) is 0 Å². The predicted molar refractivity (Wildman–Crippen MR) is 181 cm³/mol.